The number of aromatic nitrogens is 1. The van der Waals surface area contributed by atoms with Crippen molar-refractivity contribution >= 4 is 11.6 Å². The first kappa shape index (κ1) is 21.4. The SMILES string of the molecule is CCN(CCNC(=O)c1ccccc1OCc1c(C)noc1C)c1cccc(C)c1. The number of anilines is 1. The molecule has 158 valence electrons. The molecule has 0 unspecified atom stereocenters. The van der Waals surface area contributed by atoms with Crippen molar-refractivity contribution in [2.24, 2.45) is 0 Å². The quantitative estimate of drug-likeness (QED) is 0.568. The number of carbonyl (C=O) groups is 1. The van der Waals surface area contributed by atoms with Crippen molar-refractivity contribution in [3.8, 4) is 5.75 Å². The van der Waals surface area contributed by atoms with Gasteiger partial charge in [-0.05, 0) is 57.5 Å². The monoisotopic (exact) mass is 407 g/mol. The third-order valence-electron chi connectivity index (χ3n) is 5.10. The summed E-state index contributed by atoms with van der Waals surface area (Å²) in [5, 5.41) is 6.96. The number of likely N-dealkylation sites (N-methyl/N-ethyl adjacent to an activating group) is 1. The minimum absolute atomic E-state index is 0.148. The van der Waals surface area contributed by atoms with Gasteiger partial charge in [0.05, 0.1) is 16.8 Å². The van der Waals surface area contributed by atoms with E-state index in [-0.39, 0.29) is 5.91 Å². The van der Waals surface area contributed by atoms with Gasteiger partial charge < -0.3 is 19.5 Å². The van der Waals surface area contributed by atoms with Gasteiger partial charge in [-0.1, -0.05) is 29.4 Å². The van der Waals surface area contributed by atoms with E-state index in [2.05, 4.69) is 53.5 Å². The van der Waals surface area contributed by atoms with Crippen LogP contribution in [0.3, 0.4) is 0 Å². The van der Waals surface area contributed by atoms with Crippen molar-refractivity contribution in [3.05, 3.63) is 76.7 Å². The second-order valence-corrected chi connectivity index (χ2v) is 7.26. The molecule has 1 amide bonds. The molecule has 0 saturated carbocycles. The Morgan fingerprint density at radius 2 is 1.93 bits per heavy atom. The van der Waals surface area contributed by atoms with E-state index in [1.807, 2.05) is 26.0 Å². The number of hydrogen-bond donors (Lipinski definition) is 1. The minimum atomic E-state index is -0.148. The molecule has 1 heterocycles. The number of para-hydroxylation sites is 1. The molecule has 0 fully saturated rings. The van der Waals surface area contributed by atoms with Crippen molar-refractivity contribution < 1.29 is 14.1 Å². The van der Waals surface area contributed by atoms with E-state index < -0.39 is 0 Å². The van der Waals surface area contributed by atoms with E-state index in [1.54, 1.807) is 12.1 Å². The van der Waals surface area contributed by atoms with Gasteiger partial charge in [0.1, 0.15) is 18.1 Å². The molecule has 1 aromatic heterocycles. The Labute approximate surface area is 177 Å². The lowest BCUT2D eigenvalue weighted by molar-refractivity contribution is 0.0950. The lowest BCUT2D eigenvalue weighted by Crippen LogP contribution is -2.35. The Bertz CT molecular complexity index is 977. The van der Waals surface area contributed by atoms with Crippen molar-refractivity contribution in [1.29, 1.82) is 0 Å². The van der Waals surface area contributed by atoms with Crippen molar-refractivity contribution in [1.82, 2.24) is 10.5 Å². The topological polar surface area (TPSA) is 67.6 Å². The molecule has 30 heavy (non-hydrogen) atoms. The van der Waals surface area contributed by atoms with Crippen LogP contribution in [-0.4, -0.2) is 30.7 Å². The summed E-state index contributed by atoms with van der Waals surface area (Å²) in [6, 6.07) is 15.7. The Balaban J connectivity index is 1.60. The maximum Gasteiger partial charge on any atom is 0.255 e. The second kappa shape index (κ2) is 9.96. The number of carbonyl (C=O) groups excluding carboxylic acids is 1. The highest BCUT2D eigenvalue weighted by molar-refractivity contribution is 5.96. The number of amides is 1. The van der Waals surface area contributed by atoms with Crippen LogP contribution in [0.15, 0.2) is 53.1 Å². The van der Waals surface area contributed by atoms with E-state index in [9.17, 15) is 4.79 Å². The number of nitrogens with zero attached hydrogens (tertiary/aromatic N) is 2. The average Bonchev–Trinajstić information content (AvgIpc) is 3.07. The predicted octanol–water partition coefficient (Wildman–Crippen LogP) is 4.44. The molecule has 0 aliphatic heterocycles. The van der Waals surface area contributed by atoms with Gasteiger partial charge in [-0.15, -0.1) is 0 Å². The summed E-state index contributed by atoms with van der Waals surface area (Å²) in [5.41, 5.74) is 4.60. The Morgan fingerprint density at radius 3 is 2.63 bits per heavy atom. The summed E-state index contributed by atoms with van der Waals surface area (Å²) in [6.45, 7) is 10.4. The lowest BCUT2D eigenvalue weighted by atomic mass is 10.1. The number of ether oxygens (including phenoxy) is 1. The van der Waals surface area contributed by atoms with Crippen LogP contribution in [0.4, 0.5) is 5.69 Å². The van der Waals surface area contributed by atoms with Gasteiger partial charge in [0.2, 0.25) is 0 Å². The van der Waals surface area contributed by atoms with Gasteiger partial charge >= 0.3 is 0 Å². The third kappa shape index (κ3) is 5.20. The Morgan fingerprint density at radius 1 is 1.13 bits per heavy atom. The summed E-state index contributed by atoms with van der Waals surface area (Å²) >= 11 is 0. The normalized spacial score (nSPS) is 10.7. The second-order valence-electron chi connectivity index (χ2n) is 7.26. The number of hydrogen-bond acceptors (Lipinski definition) is 5. The molecular weight excluding hydrogens is 378 g/mol. The van der Waals surface area contributed by atoms with Crippen LogP contribution >= 0.6 is 0 Å². The molecular formula is C24H29N3O3. The van der Waals surface area contributed by atoms with Crippen LogP contribution in [0.25, 0.3) is 0 Å². The highest BCUT2D eigenvalue weighted by Crippen LogP contribution is 2.21. The summed E-state index contributed by atoms with van der Waals surface area (Å²) in [4.78, 5) is 15.0. The van der Waals surface area contributed by atoms with E-state index in [0.29, 0.717) is 24.5 Å². The Kier molecular flexibility index (Phi) is 7.12. The Hall–Kier alpha value is -3.28. The van der Waals surface area contributed by atoms with Crippen LogP contribution in [0.2, 0.25) is 0 Å². The van der Waals surface area contributed by atoms with Crippen LogP contribution in [0.5, 0.6) is 5.75 Å². The van der Waals surface area contributed by atoms with E-state index in [1.165, 1.54) is 5.56 Å². The molecule has 0 radical (unpaired) electrons. The lowest BCUT2D eigenvalue weighted by Gasteiger charge is -2.23. The van der Waals surface area contributed by atoms with E-state index >= 15 is 0 Å². The van der Waals surface area contributed by atoms with Gasteiger partial charge in [0, 0.05) is 25.3 Å². The highest BCUT2D eigenvalue weighted by atomic mass is 16.5. The zero-order chi connectivity index (χ0) is 21.5. The molecule has 3 rings (SSSR count). The molecule has 0 bridgehead atoms. The highest BCUT2D eigenvalue weighted by Gasteiger charge is 2.15. The first-order chi connectivity index (χ1) is 14.5. The first-order valence-electron chi connectivity index (χ1n) is 10.2. The maximum absolute atomic E-state index is 12.8. The summed E-state index contributed by atoms with van der Waals surface area (Å²) in [6.07, 6.45) is 0. The van der Waals surface area contributed by atoms with E-state index in [4.69, 9.17) is 9.26 Å². The van der Waals surface area contributed by atoms with E-state index in [0.717, 1.165) is 35.8 Å². The molecule has 2 aromatic carbocycles. The largest absolute Gasteiger partial charge is 0.488 e. The van der Waals surface area contributed by atoms with Crippen LogP contribution in [0, 0.1) is 20.8 Å². The summed E-state index contributed by atoms with van der Waals surface area (Å²) in [5.74, 6) is 1.12. The fourth-order valence-electron chi connectivity index (χ4n) is 3.33. The van der Waals surface area contributed by atoms with Crippen LogP contribution < -0.4 is 15.0 Å². The number of benzene rings is 2. The molecule has 3 aromatic rings. The zero-order valence-corrected chi connectivity index (χ0v) is 18.1. The van der Waals surface area contributed by atoms with Gasteiger partial charge in [0.25, 0.3) is 5.91 Å². The first-order valence-corrected chi connectivity index (χ1v) is 10.2. The van der Waals surface area contributed by atoms with Crippen LogP contribution in [0.1, 0.15) is 39.9 Å². The molecule has 6 nitrogen and oxygen atoms in total. The van der Waals surface area contributed by atoms with Gasteiger partial charge in [-0.3, -0.25) is 4.79 Å². The molecule has 0 aliphatic rings. The average molecular weight is 408 g/mol. The molecule has 0 atom stereocenters. The molecule has 0 aliphatic carbocycles. The third-order valence-corrected chi connectivity index (χ3v) is 5.10. The van der Waals surface area contributed by atoms with Crippen molar-refractivity contribution in [2.75, 3.05) is 24.5 Å². The fraction of sp³-hybridized carbons (Fsp3) is 0.333. The summed E-state index contributed by atoms with van der Waals surface area (Å²) < 4.78 is 11.1. The molecule has 0 spiro atoms. The van der Waals surface area contributed by atoms with Crippen molar-refractivity contribution in [2.45, 2.75) is 34.3 Å². The number of rotatable bonds is 9. The minimum Gasteiger partial charge on any atom is -0.488 e. The van der Waals surface area contributed by atoms with Crippen LogP contribution in [-0.2, 0) is 6.61 Å². The smallest absolute Gasteiger partial charge is 0.255 e. The molecule has 0 saturated heterocycles. The van der Waals surface area contributed by atoms with Gasteiger partial charge in [-0.2, -0.15) is 0 Å². The molecule has 6 heteroatoms. The standard InChI is InChI=1S/C24H29N3O3/c1-5-27(20-10-8-9-17(2)15-20)14-13-25-24(28)21-11-6-7-12-23(21)29-16-22-18(3)26-30-19(22)4/h6-12,15H,5,13-14,16H2,1-4H3,(H,25,28). The maximum atomic E-state index is 12.8. The van der Waals surface area contributed by atoms with Gasteiger partial charge in [0.15, 0.2) is 0 Å². The molecule has 1 N–H and O–H groups in total. The fourth-order valence-corrected chi connectivity index (χ4v) is 3.33. The van der Waals surface area contributed by atoms with Crippen molar-refractivity contribution in [3.63, 3.8) is 0 Å². The number of aryl methyl sites for hydroxylation is 3. The zero-order valence-electron chi connectivity index (χ0n) is 18.1. The predicted molar refractivity (Wildman–Crippen MR) is 118 cm³/mol. The number of nitrogens with one attached hydrogen (secondary N) is 1. The van der Waals surface area contributed by atoms with Gasteiger partial charge in [-0.25, -0.2) is 0 Å². The summed E-state index contributed by atoms with van der Waals surface area (Å²) in [7, 11) is 0.